The van der Waals surface area contributed by atoms with Gasteiger partial charge in [-0.05, 0) is 31.5 Å². The first-order valence-corrected chi connectivity index (χ1v) is 7.04. The molecule has 3 N–H and O–H groups in total. The molecule has 0 atom stereocenters. The van der Waals surface area contributed by atoms with Crippen molar-refractivity contribution in [3.8, 4) is 11.5 Å². The number of benzene rings is 2. The maximum Gasteiger partial charge on any atom is 0.237 e. The van der Waals surface area contributed by atoms with Crippen molar-refractivity contribution in [3.05, 3.63) is 59.7 Å². The van der Waals surface area contributed by atoms with Crippen molar-refractivity contribution in [2.75, 3.05) is 0 Å². The van der Waals surface area contributed by atoms with Crippen molar-refractivity contribution in [1.29, 1.82) is 0 Å². The molecule has 2 aromatic carbocycles. The number of nitrogens with two attached hydrogens (primary N) is 1. The molecule has 0 aromatic heterocycles. The predicted molar refractivity (Wildman–Crippen MR) is 83.0 cm³/mol. The molecule has 2 aromatic rings. The molecule has 0 unspecified atom stereocenters. The summed E-state index contributed by atoms with van der Waals surface area (Å²) in [6, 6.07) is 9.92. The molecule has 0 saturated carbocycles. The number of hydrogen-bond donors (Lipinski definition) is 2. The van der Waals surface area contributed by atoms with Crippen LogP contribution in [-0.2, 0) is 11.3 Å². The molecule has 0 bridgehead atoms. The highest BCUT2D eigenvalue weighted by molar-refractivity contribution is 5.83. The largest absolute Gasteiger partial charge is 0.457 e. The Kier molecular flexibility index (Phi) is 4.95. The van der Waals surface area contributed by atoms with Gasteiger partial charge in [0.05, 0.1) is 5.54 Å². The molecule has 0 aliphatic heterocycles. The Balaban J connectivity index is 2.01. The van der Waals surface area contributed by atoms with Crippen molar-refractivity contribution >= 4 is 5.91 Å². The lowest BCUT2D eigenvalue weighted by Gasteiger charge is -2.22. The van der Waals surface area contributed by atoms with Gasteiger partial charge in [-0.25, -0.2) is 8.78 Å². The Hall–Kier alpha value is -2.47. The van der Waals surface area contributed by atoms with Gasteiger partial charge in [0.25, 0.3) is 0 Å². The number of rotatable bonds is 6. The molecule has 0 saturated heterocycles. The fraction of sp³-hybridized carbons (Fsp3) is 0.235. The summed E-state index contributed by atoms with van der Waals surface area (Å²) >= 11 is 0. The average molecular weight is 320 g/mol. The number of halogens is 2. The van der Waals surface area contributed by atoms with Gasteiger partial charge >= 0.3 is 0 Å². The molecule has 1 amide bonds. The number of hydrogen-bond acceptors (Lipinski definition) is 3. The summed E-state index contributed by atoms with van der Waals surface area (Å²) < 4.78 is 31.6. The summed E-state index contributed by atoms with van der Waals surface area (Å²) in [5.41, 5.74) is 5.39. The van der Waals surface area contributed by atoms with Gasteiger partial charge in [-0.15, -0.1) is 0 Å². The summed E-state index contributed by atoms with van der Waals surface area (Å²) in [6.45, 7) is 3.85. The molecular weight excluding hydrogens is 302 g/mol. The fourth-order valence-electron chi connectivity index (χ4n) is 1.81. The van der Waals surface area contributed by atoms with Crippen LogP contribution in [0.15, 0.2) is 42.5 Å². The molecule has 122 valence electrons. The van der Waals surface area contributed by atoms with Gasteiger partial charge in [0.1, 0.15) is 23.1 Å². The Labute approximate surface area is 133 Å². The van der Waals surface area contributed by atoms with E-state index in [-0.39, 0.29) is 5.75 Å². The lowest BCUT2D eigenvalue weighted by Crippen LogP contribution is -2.50. The van der Waals surface area contributed by atoms with Crippen LogP contribution in [0.2, 0.25) is 0 Å². The molecule has 0 fully saturated rings. The molecule has 0 aliphatic rings. The highest BCUT2D eigenvalue weighted by Gasteiger charge is 2.23. The standard InChI is InChI=1S/C17H18F2N2O2/c1-17(2,16(20)22)21-10-11-3-5-14(6-4-11)23-15-8-12(18)7-13(19)9-15/h3-9,21H,10H2,1-2H3,(H2,20,22). The van der Waals surface area contributed by atoms with Crippen molar-refractivity contribution in [2.45, 2.75) is 25.9 Å². The minimum atomic E-state index is -0.811. The van der Waals surface area contributed by atoms with Crippen LogP contribution < -0.4 is 15.8 Å². The topological polar surface area (TPSA) is 64.3 Å². The summed E-state index contributed by atoms with van der Waals surface area (Å²) in [5.74, 6) is -1.30. The van der Waals surface area contributed by atoms with Crippen LogP contribution in [0.4, 0.5) is 8.78 Å². The van der Waals surface area contributed by atoms with E-state index in [4.69, 9.17) is 10.5 Å². The Morgan fingerprint density at radius 3 is 2.17 bits per heavy atom. The molecule has 0 aliphatic carbocycles. The maximum absolute atomic E-state index is 13.1. The van der Waals surface area contributed by atoms with Gasteiger partial charge < -0.3 is 10.5 Å². The molecule has 0 spiro atoms. The fourth-order valence-corrected chi connectivity index (χ4v) is 1.81. The number of ether oxygens (including phenoxy) is 1. The predicted octanol–water partition coefficient (Wildman–Crippen LogP) is 3.11. The number of carbonyl (C=O) groups excluding carboxylic acids is 1. The van der Waals surface area contributed by atoms with Crippen LogP contribution in [-0.4, -0.2) is 11.4 Å². The first kappa shape index (κ1) is 16.9. The van der Waals surface area contributed by atoms with E-state index in [0.29, 0.717) is 12.3 Å². The first-order valence-electron chi connectivity index (χ1n) is 7.04. The second-order valence-electron chi connectivity index (χ2n) is 5.69. The van der Waals surface area contributed by atoms with Crippen LogP contribution in [0.25, 0.3) is 0 Å². The lowest BCUT2D eigenvalue weighted by atomic mass is 10.0. The van der Waals surface area contributed by atoms with Crippen LogP contribution in [0.1, 0.15) is 19.4 Å². The minimum Gasteiger partial charge on any atom is -0.457 e. The van der Waals surface area contributed by atoms with E-state index in [2.05, 4.69) is 5.32 Å². The van der Waals surface area contributed by atoms with E-state index in [1.165, 1.54) is 0 Å². The van der Waals surface area contributed by atoms with Crippen LogP contribution in [0, 0.1) is 11.6 Å². The summed E-state index contributed by atoms with van der Waals surface area (Å²) in [5, 5.41) is 3.04. The van der Waals surface area contributed by atoms with E-state index in [9.17, 15) is 13.6 Å². The van der Waals surface area contributed by atoms with Gasteiger partial charge in [-0.3, -0.25) is 10.1 Å². The SMILES string of the molecule is CC(C)(NCc1ccc(Oc2cc(F)cc(F)c2)cc1)C(N)=O. The smallest absolute Gasteiger partial charge is 0.237 e. The van der Waals surface area contributed by atoms with Gasteiger partial charge in [-0.1, -0.05) is 12.1 Å². The number of carbonyl (C=O) groups is 1. The minimum absolute atomic E-state index is 0.0863. The first-order chi connectivity index (χ1) is 10.8. The van der Waals surface area contributed by atoms with Crippen molar-refractivity contribution in [1.82, 2.24) is 5.32 Å². The Morgan fingerprint density at radius 2 is 1.65 bits per heavy atom. The second-order valence-corrected chi connectivity index (χ2v) is 5.69. The van der Waals surface area contributed by atoms with E-state index < -0.39 is 23.1 Å². The summed E-state index contributed by atoms with van der Waals surface area (Å²) in [4.78, 5) is 11.2. The quantitative estimate of drug-likeness (QED) is 0.859. The number of amides is 1. The maximum atomic E-state index is 13.1. The Bertz CT molecular complexity index is 680. The third-order valence-corrected chi connectivity index (χ3v) is 3.35. The second kappa shape index (κ2) is 6.75. The van der Waals surface area contributed by atoms with E-state index >= 15 is 0 Å². The monoisotopic (exact) mass is 320 g/mol. The van der Waals surface area contributed by atoms with Crippen LogP contribution in [0.3, 0.4) is 0 Å². The lowest BCUT2D eigenvalue weighted by molar-refractivity contribution is -0.123. The van der Waals surface area contributed by atoms with Gasteiger partial charge in [0, 0.05) is 24.7 Å². The van der Waals surface area contributed by atoms with E-state index in [1.54, 1.807) is 38.1 Å². The van der Waals surface area contributed by atoms with Gasteiger partial charge in [0.2, 0.25) is 5.91 Å². The normalized spacial score (nSPS) is 11.3. The summed E-state index contributed by atoms with van der Waals surface area (Å²) in [7, 11) is 0. The van der Waals surface area contributed by atoms with Crippen LogP contribution in [0.5, 0.6) is 11.5 Å². The highest BCUT2D eigenvalue weighted by atomic mass is 19.1. The molecule has 4 nitrogen and oxygen atoms in total. The molecular formula is C17H18F2N2O2. The summed E-state index contributed by atoms with van der Waals surface area (Å²) in [6.07, 6.45) is 0. The highest BCUT2D eigenvalue weighted by Crippen LogP contribution is 2.23. The number of nitrogens with one attached hydrogen (secondary N) is 1. The van der Waals surface area contributed by atoms with Gasteiger partial charge in [0.15, 0.2) is 0 Å². The van der Waals surface area contributed by atoms with E-state index in [0.717, 1.165) is 23.8 Å². The van der Waals surface area contributed by atoms with Gasteiger partial charge in [-0.2, -0.15) is 0 Å². The van der Waals surface area contributed by atoms with Crippen molar-refractivity contribution < 1.29 is 18.3 Å². The Morgan fingerprint density at radius 1 is 1.09 bits per heavy atom. The zero-order valence-electron chi connectivity index (χ0n) is 12.9. The molecule has 6 heteroatoms. The van der Waals surface area contributed by atoms with E-state index in [1.807, 2.05) is 0 Å². The third kappa shape index (κ3) is 4.75. The molecule has 2 rings (SSSR count). The zero-order valence-corrected chi connectivity index (χ0v) is 12.9. The molecule has 0 heterocycles. The molecule has 0 radical (unpaired) electrons. The number of primary amides is 1. The average Bonchev–Trinajstić information content (AvgIpc) is 2.45. The van der Waals surface area contributed by atoms with Crippen LogP contribution >= 0.6 is 0 Å². The third-order valence-electron chi connectivity index (χ3n) is 3.35. The van der Waals surface area contributed by atoms with Crippen molar-refractivity contribution in [2.24, 2.45) is 5.73 Å². The molecule has 23 heavy (non-hydrogen) atoms. The zero-order chi connectivity index (χ0) is 17.0. The van der Waals surface area contributed by atoms with Crippen molar-refractivity contribution in [3.63, 3.8) is 0 Å².